The molecule has 2 fully saturated rings. The fourth-order valence-electron chi connectivity index (χ4n) is 4.54. The second-order valence-corrected chi connectivity index (χ2v) is 8.74. The van der Waals surface area contributed by atoms with Crippen molar-refractivity contribution in [2.75, 3.05) is 19.6 Å². The second-order valence-electron chi connectivity index (χ2n) is 8.74. The largest absolute Gasteiger partial charge is 0.445 e. The van der Waals surface area contributed by atoms with E-state index in [0.717, 1.165) is 44.6 Å². The fourth-order valence-corrected chi connectivity index (χ4v) is 4.54. The molecule has 28 heavy (non-hydrogen) atoms. The predicted molar refractivity (Wildman–Crippen MR) is 110 cm³/mol. The van der Waals surface area contributed by atoms with Crippen LogP contribution in [-0.4, -0.2) is 35.2 Å². The van der Waals surface area contributed by atoms with Crippen molar-refractivity contribution in [1.82, 2.24) is 14.8 Å². The molecule has 3 heterocycles. The van der Waals surface area contributed by atoms with Gasteiger partial charge in [0.25, 0.3) is 0 Å². The number of nitrogens with zero attached hydrogens (tertiary/aromatic N) is 2. The Labute approximate surface area is 167 Å². The summed E-state index contributed by atoms with van der Waals surface area (Å²) in [5.74, 6) is 0.647. The van der Waals surface area contributed by atoms with Gasteiger partial charge in [0.2, 0.25) is 0 Å². The molecule has 1 aromatic heterocycles. The number of aromatic nitrogens is 1. The molecule has 0 radical (unpaired) electrons. The molecule has 2 aliphatic heterocycles. The molecule has 4 rings (SSSR count). The Morgan fingerprint density at radius 3 is 2.61 bits per heavy atom. The maximum atomic E-state index is 12.4. The average molecular weight is 382 g/mol. The summed E-state index contributed by atoms with van der Waals surface area (Å²) < 4.78 is 7.80. The number of nitrogens with one attached hydrogen (secondary N) is 1. The minimum absolute atomic E-state index is 0.189. The Morgan fingerprint density at radius 2 is 1.96 bits per heavy atom. The van der Waals surface area contributed by atoms with Crippen LogP contribution in [0.2, 0.25) is 0 Å². The zero-order chi connectivity index (χ0) is 19.6. The van der Waals surface area contributed by atoms with Gasteiger partial charge in [-0.25, -0.2) is 4.79 Å². The van der Waals surface area contributed by atoms with Crippen molar-refractivity contribution < 1.29 is 9.53 Å². The van der Waals surface area contributed by atoms with Gasteiger partial charge in [0.05, 0.1) is 0 Å². The molecule has 1 amide bonds. The first-order chi connectivity index (χ1) is 13.6. The van der Waals surface area contributed by atoms with Gasteiger partial charge in [0.1, 0.15) is 6.61 Å². The van der Waals surface area contributed by atoms with E-state index in [1.165, 1.54) is 5.56 Å². The lowest BCUT2D eigenvalue weighted by atomic mass is 9.65. The summed E-state index contributed by atoms with van der Waals surface area (Å²) in [6, 6.07) is 12.5. The SMILES string of the molecule is CC(C)Cn1ccc(C2NCC23CCN(C(=O)OCc2ccccc2)CC3)c1. The van der Waals surface area contributed by atoms with E-state index in [2.05, 4.69) is 42.2 Å². The number of rotatable bonds is 5. The van der Waals surface area contributed by atoms with Crippen molar-refractivity contribution in [2.45, 2.75) is 45.9 Å². The molecule has 1 N–H and O–H groups in total. The van der Waals surface area contributed by atoms with Crippen LogP contribution in [0.25, 0.3) is 0 Å². The number of likely N-dealkylation sites (tertiary alicyclic amines) is 1. The molecule has 2 aromatic rings. The van der Waals surface area contributed by atoms with Crippen molar-refractivity contribution >= 4 is 6.09 Å². The van der Waals surface area contributed by atoms with Gasteiger partial charge in [-0.3, -0.25) is 0 Å². The molecule has 5 nitrogen and oxygen atoms in total. The highest BCUT2D eigenvalue weighted by Gasteiger charge is 2.49. The summed E-state index contributed by atoms with van der Waals surface area (Å²) >= 11 is 0. The van der Waals surface area contributed by atoms with Crippen LogP contribution in [0.3, 0.4) is 0 Å². The van der Waals surface area contributed by atoms with Gasteiger partial charge in [-0.1, -0.05) is 44.2 Å². The van der Waals surface area contributed by atoms with E-state index in [-0.39, 0.29) is 11.5 Å². The minimum atomic E-state index is -0.189. The summed E-state index contributed by atoms with van der Waals surface area (Å²) in [5, 5.41) is 3.63. The number of piperidine rings is 1. The van der Waals surface area contributed by atoms with E-state index in [0.29, 0.717) is 18.6 Å². The van der Waals surface area contributed by atoms with E-state index in [9.17, 15) is 4.79 Å². The molecular weight excluding hydrogens is 350 g/mol. The second kappa shape index (κ2) is 8.00. The van der Waals surface area contributed by atoms with Crippen LogP contribution in [0.15, 0.2) is 48.8 Å². The van der Waals surface area contributed by atoms with Crippen LogP contribution in [-0.2, 0) is 17.9 Å². The highest BCUT2D eigenvalue weighted by molar-refractivity contribution is 5.67. The number of benzene rings is 1. The smallest absolute Gasteiger partial charge is 0.410 e. The van der Waals surface area contributed by atoms with Crippen LogP contribution >= 0.6 is 0 Å². The highest BCUT2D eigenvalue weighted by Crippen LogP contribution is 2.48. The van der Waals surface area contributed by atoms with Crippen LogP contribution < -0.4 is 5.32 Å². The van der Waals surface area contributed by atoms with E-state index >= 15 is 0 Å². The molecule has 150 valence electrons. The Morgan fingerprint density at radius 1 is 1.21 bits per heavy atom. The molecule has 1 unspecified atom stereocenters. The number of carbonyl (C=O) groups is 1. The quantitative estimate of drug-likeness (QED) is 0.844. The number of hydrogen-bond acceptors (Lipinski definition) is 3. The van der Waals surface area contributed by atoms with Crippen molar-refractivity contribution in [3.63, 3.8) is 0 Å². The Balaban J connectivity index is 1.30. The van der Waals surface area contributed by atoms with E-state index in [1.54, 1.807) is 0 Å². The van der Waals surface area contributed by atoms with E-state index in [4.69, 9.17) is 4.74 Å². The summed E-state index contributed by atoms with van der Waals surface area (Å²) in [7, 11) is 0. The lowest BCUT2D eigenvalue weighted by Crippen LogP contribution is -2.60. The molecule has 0 saturated carbocycles. The Kier molecular flexibility index (Phi) is 5.44. The fraction of sp³-hybridized carbons (Fsp3) is 0.522. The summed E-state index contributed by atoms with van der Waals surface area (Å²) in [4.78, 5) is 14.3. The van der Waals surface area contributed by atoms with Gasteiger partial charge < -0.3 is 19.5 Å². The van der Waals surface area contributed by atoms with E-state index in [1.807, 2.05) is 35.2 Å². The van der Waals surface area contributed by atoms with Crippen LogP contribution in [0.1, 0.15) is 43.9 Å². The molecule has 0 bridgehead atoms. The van der Waals surface area contributed by atoms with Gasteiger partial charge >= 0.3 is 6.09 Å². The van der Waals surface area contributed by atoms with Gasteiger partial charge in [0, 0.05) is 50.0 Å². The van der Waals surface area contributed by atoms with Crippen molar-refractivity contribution in [3.8, 4) is 0 Å². The van der Waals surface area contributed by atoms with E-state index < -0.39 is 0 Å². The monoisotopic (exact) mass is 381 g/mol. The number of carbonyl (C=O) groups excluding carboxylic acids is 1. The standard InChI is InChI=1S/C23H31N3O2/c1-18(2)14-25-11-8-20(15-25)21-23(17-24-21)9-12-26(13-10-23)22(27)28-16-19-6-4-3-5-7-19/h3-8,11,15,18,21,24H,9-10,12-14,16-17H2,1-2H3. The van der Waals surface area contributed by atoms with Crippen LogP contribution in [0.5, 0.6) is 0 Å². The molecule has 1 aromatic carbocycles. The van der Waals surface area contributed by atoms with Crippen LogP contribution in [0.4, 0.5) is 4.79 Å². The third-order valence-electron chi connectivity index (χ3n) is 6.18. The first kappa shape index (κ1) is 19.1. The molecule has 2 saturated heterocycles. The lowest BCUT2D eigenvalue weighted by molar-refractivity contribution is 0.0000718. The van der Waals surface area contributed by atoms with Gasteiger partial charge in [-0.05, 0) is 36.0 Å². The van der Waals surface area contributed by atoms with Crippen LogP contribution in [0, 0.1) is 11.3 Å². The first-order valence-corrected chi connectivity index (χ1v) is 10.4. The zero-order valence-electron chi connectivity index (χ0n) is 16.9. The summed E-state index contributed by atoms with van der Waals surface area (Å²) in [6.07, 6.45) is 6.35. The predicted octanol–water partition coefficient (Wildman–Crippen LogP) is 4.21. The number of ether oxygens (including phenoxy) is 1. The first-order valence-electron chi connectivity index (χ1n) is 10.4. The summed E-state index contributed by atoms with van der Waals surface area (Å²) in [6.45, 7) is 8.48. The molecule has 5 heteroatoms. The zero-order valence-corrected chi connectivity index (χ0v) is 16.9. The summed E-state index contributed by atoms with van der Waals surface area (Å²) in [5.41, 5.74) is 2.69. The molecule has 2 aliphatic rings. The Hall–Kier alpha value is -2.27. The molecule has 1 atom stereocenters. The van der Waals surface area contributed by atoms with Crippen molar-refractivity contribution in [1.29, 1.82) is 0 Å². The van der Waals surface area contributed by atoms with Gasteiger partial charge in [0.15, 0.2) is 0 Å². The maximum absolute atomic E-state index is 12.4. The van der Waals surface area contributed by atoms with Gasteiger partial charge in [-0.15, -0.1) is 0 Å². The number of amides is 1. The highest BCUT2D eigenvalue weighted by atomic mass is 16.6. The molecule has 1 spiro atoms. The Bertz CT molecular complexity index is 791. The van der Waals surface area contributed by atoms with Gasteiger partial charge in [-0.2, -0.15) is 0 Å². The maximum Gasteiger partial charge on any atom is 0.410 e. The minimum Gasteiger partial charge on any atom is -0.445 e. The third-order valence-corrected chi connectivity index (χ3v) is 6.18. The third kappa shape index (κ3) is 3.95. The topological polar surface area (TPSA) is 46.5 Å². The number of hydrogen-bond donors (Lipinski definition) is 1. The van der Waals surface area contributed by atoms with Crippen molar-refractivity contribution in [3.05, 3.63) is 59.9 Å². The normalized spacial score (nSPS) is 21.0. The molecular formula is C23H31N3O2. The van der Waals surface area contributed by atoms with Crippen molar-refractivity contribution in [2.24, 2.45) is 11.3 Å². The lowest BCUT2D eigenvalue weighted by Gasteiger charge is -2.54. The average Bonchev–Trinajstić information content (AvgIpc) is 3.12. The molecule has 0 aliphatic carbocycles.